The molecule has 0 aliphatic rings. The predicted octanol–water partition coefficient (Wildman–Crippen LogP) is 4.86. The van der Waals surface area contributed by atoms with Crippen LogP contribution in [0.5, 0.6) is 0 Å². The van der Waals surface area contributed by atoms with Crippen LogP contribution < -0.4 is 5.32 Å². The molecule has 0 saturated heterocycles. The van der Waals surface area contributed by atoms with Crippen LogP contribution in [0, 0.1) is 0 Å². The molecule has 0 radical (unpaired) electrons. The molecule has 0 heterocycles. The van der Waals surface area contributed by atoms with E-state index in [4.69, 9.17) is 16.3 Å². The van der Waals surface area contributed by atoms with Crippen LogP contribution in [-0.2, 0) is 20.7 Å². The van der Waals surface area contributed by atoms with Gasteiger partial charge < -0.3 is 14.8 Å². The Hall–Kier alpha value is -1.85. The molecule has 28 heavy (non-hydrogen) atoms. The molecular formula is C22H27Cl2NO3. The smallest absolute Gasteiger partial charge is 0.330 e. The predicted molar refractivity (Wildman–Crippen MR) is 117 cm³/mol. The molecule has 1 N–H and O–H groups in total. The van der Waals surface area contributed by atoms with Gasteiger partial charge in [0.1, 0.15) is 0 Å². The van der Waals surface area contributed by atoms with Gasteiger partial charge >= 0.3 is 5.97 Å². The van der Waals surface area contributed by atoms with Crippen molar-refractivity contribution in [2.75, 3.05) is 20.8 Å². The van der Waals surface area contributed by atoms with E-state index in [2.05, 4.69) is 29.1 Å². The second-order valence-corrected chi connectivity index (χ2v) is 6.83. The summed E-state index contributed by atoms with van der Waals surface area (Å²) in [5.41, 5.74) is 3.25. The number of esters is 1. The van der Waals surface area contributed by atoms with E-state index in [-0.39, 0.29) is 24.5 Å². The third-order valence-electron chi connectivity index (χ3n) is 4.29. The molecule has 0 saturated carbocycles. The second-order valence-electron chi connectivity index (χ2n) is 6.39. The molecule has 0 aliphatic carbocycles. The number of nitrogens with one attached hydrogen (secondary N) is 1. The van der Waals surface area contributed by atoms with Gasteiger partial charge in [-0.3, -0.25) is 0 Å². The normalized spacial score (nSPS) is 13.0. The van der Waals surface area contributed by atoms with E-state index in [1.165, 1.54) is 18.7 Å². The number of carbonyl (C=O) groups is 1. The van der Waals surface area contributed by atoms with Gasteiger partial charge in [-0.25, -0.2) is 4.79 Å². The topological polar surface area (TPSA) is 47.6 Å². The van der Waals surface area contributed by atoms with Gasteiger partial charge in [0.25, 0.3) is 0 Å². The lowest BCUT2D eigenvalue weighted by molar-refractivity contribution is -0.134. The van der Waals surface area contributed by atoms with Gasteiger partial charge in [-0.1, -0.05) is 48.0 Å². The quantitative estimate of drug-likeness (QED) is 0.462. The van der Waals surface area contributed by atoms with Crippen LogP contribution >= 0.6 is 24.0 Å². The van der Waals surface area contributed by atoms with Crippen molar-refractivity contribution in [3.05, 3.63) is 76.3 Å². The first-order valence-electron chi connectivity index (χ1n) is 8.88. The fraction of sp³-hybridized carbons (Fsp3) is 0.318. The molecule has 2 rings (SSSR count). The Morgan fingerprint density at radius 1 is 1.18 bits per heavy atom. The van der Waals surface area contributed by atoms with Crippen molar-refractivity contribution in [3.8, 4) is 0 Å². The largest absolute Gasteiger partial charge is 0.466 e. The van der Waals surface area contributed by atoms with Crippen molar-refractivity contribution in [3.63, 3.8) is 0 Å². The third kappa shape index (κ3) is 8.03. The van der Waals surface area contributed by atoms with Crippen LogP contribution in [0.1, 0.15) is 29.7 Å². The van der Waals surface area contributed by atoms with Crippen LogP contribution in [0.4, 0.5) is 0 Å². The average molecular weight is 424 g/mol. The van der Waals surface area contributed by atoms with E-state index < -0.39 is 0 Å². The van der Waals surface area contributed by atoms with E-state index in [1.807, 2.05) is 36.4 Å². The maximum atomic E-state index is 11.1. The van der Waals surface area contributed by atoms with E-state index in [1.54, 1.807) is 13.2 Å². The lowest BCUT2D eigenvalue weighted by Crippen LogP contribution is -2.32. The first kappa shape index (κ1) is 24.2. The van der Waals surface area contributed by atoms with Crippen LogP contribution in [-0.4, -0.2) is 32.8 Å². The first-order valence-corrected chi connectivity index (χ1v) is 9.26. The monoisotopic (exact) mass is 423 g/mol. The molecule has 0 bridgehead atoms. The van der Waals surface area contributed by atoms with Crippen LogP contribution in [0.25, 0.3) is 6.08 Å². The maximum absolute atomic E-state index is 11.1. The second kappa shape index (κ2) is 12.6. The molecule has 2 unspecified atom stereocenters. The molecule has 2 aromatic carbocycles. The number of ether oxygens (including phenoxy) is 2. The summed E-state index contributed by atoms with van der Waals surface area (Å²) in [6.07, 6.45) is 4.01. The number of halogens is 2. The molecule has 0 spiro atoms. The van der Waals surface area contributed by atoms with Gasteiger partial charge in [0.05, 0.1) is 13.2 Å². The van der Waals surface area contributed by atoms with Crippen molar-refractivity contribution < 1.29 is 14.3 Å². The molecule has 2 atom stereocenters. The zero-order valence-corrected chi connectivity index (χ0v) is 17.9. The Balaban J connectivity index is 0.00000392. The Morgan fingerprint density at radius 3 is 2.50 bits per heavy atom. The number of benzene rings is 2. The highest BCUT2D eigenvalue weighted by atomic mass is 35.5. The average Bonchev–Trinajstić information content (AvgIpc) is 2.67. The highest BCUT2D eigenvalue weighted by Crippen LogP contribution is 2.20. The van der Waals surface area contributed by atoms with Crippen LogP contribution in [0.2, 0.25) is 5.02 Å². The molecule has 0 aromatic heterocycles. The SMILES string of the molecule is COC(=O)/C=C/c1ccc(CC(C)NCC(OC)c2cccc(Cl)c2)cc1.Cl. The maximum Gasteiger partial charge on any atom is 0.330 e. The summed E-state index contributed by atoms with van der Waals surface area (Å²) in [6, 6.07) is 16.2. The van der Waals surface area contributed by atoms with E-state index >= 15 is 0 Å². The summed E-state index contributed by atoms with van der Waals surface area (Å²) in [5, 5.41) is 4.23. The Bertz CT molecular complexity index is 763. The Morgan fingerprint density at radius 2 is 1.89 bits per heavy atom. The van der Waals surface area contributed by atoms with Gasteiger partial charge in [0.15, 0.2) is 0 Å². The van der Waals surface area contributed by atoms with E-state index in [0.717, 1.165) is 17.5 Å². The standard InChI is InChI=1S/C22H26ClNO3.ClH/c1-16(24-15-21(26-2)19-5-4-6-20(23)14-19)13-18-9-7-17(8-10-18)11-12-22(25)27-3;/h4-12,14,16,21,24H,13,15H2,1-3H3;1H/b12-11+;. The molecular weight excluding hydrogens is 397 g/mol. The van der Waals surface area contributed by atoms with Gasteiger partial charge in [-0.05, 0) is 48.2 Å². The van der Waals surface area contributed by atoms with E-state index in [9.17, 15) is 4.79 Å². The molecule has 4 nitrogen and oxygen atoms in total. The third-order valence-corrected chi connectivity index (χ3v) is 4.53. The fourth-order valence-electron chi connectivity index (χ4n) is 2.78. The number of hydrogen-bond donors (Lipinski definition) is 1. The van der Waals surface area contributed by atoms with Gasteiger partial charge in [-0.2, -0.15) is 0 Å². The highest BCUT2D eigenvalue weighted by molar-refractivity contribution is 6.30. The van der Waals surface area contributed by atoms with Crippen molar-refractivity contribution in [2.24, 2.45) is 0 Å². The van der Waals surface area contributed by atoms with Crippen LogP contribution in [0.15, 0.2) is 54.6 Å². The minimum absolute atomic E-state index is 0. The van der Waals surface area contributed by atoms with Crippen molar-refractivity contribution >= 4 is 36.1 Å². The lowest BCUT2D eigenvalue weighted by atomic mass is 10.0. The first-order chi connectivity index (χ1) is 13.0. The molecule has 2 aromatic rings. The molecule has 0 fully saturated rings. The zero-order valence-electron chi connectivity index (χ0n) is 16.4. The Labute approximate surface area is 178 Å². The van der Waals surface area contributed by atoms with Crippen LogP contribution in [0.3, 0.4) is 0 Å². The molecule has 0 aliphatic heterocycles. The molecule has 0 amide bonds. The summed E-state index contributed by atoms with van der Waals surface area (Å²) >= 11 is 6.07. The zero-order chi connectivity index (χ0) is 19.6. The van der Waals surface area contributed by atoms with Gasteiger partial charge in [0.2, 0.25) is 0 Å². The number of methoxy groups -OCH3 is 2. The van der Waals surface area contributed by atoms with Crippen molar-refractivity contribution in [1.29, 1.82) is 0 Å². The van der Waals surface area contributed by atoms with Gasteiger partial charge in [-0.15, -0.1) is 12.4 Å². The Kier molecular flexibility index (Phi) is 10.9. The fourth-order valence-corrected chi connectivity index (χ4v) is 2.97. The number of rotatable bonds is 9. The summed E-state index contributed by atoms with van der Waals surface area (Å²) in [7, 11) is 3.07. The van der Waals surface area contributed by atoms with Gasteiger partial charge in [0, 0.05) is 30.8 Å². The summed E-state index contributed by atoms with van der Waals surface area (Å²) < 4.78 is 10.2. The molecule has 6 heteroatoms. The number of hydrogen-bond acceptors (Lipinski definition) is 4. The summed E-state index contributed by atoms with van der Waals surface area (Å²) in [4.78, 5) is 11.1. The minimum Gasteiger partial charge on any atom is -0.466 e. The number of carbonyl (C=O) groups excluding carboxylic acids is 1. The van der Waals surface area contributed by atoms with Crippen molar-refractivity contribution in [2.45, 2.75) is 25.5 Å². The lowest BCUT2D eigenvalue weighted by Gasteiger charge is -2.20. The van der Waals surface area contributed by atoms with Crippen molar-refractivity contribution in [1.82, 2.24) is 5.32 Å². The van der Waals surface area contributed by atoms with E-state index in [0.29, 0.717) is 17.6 Å². The summed E-state index contributed by atoms with van der Waals surface area (Å²) in [5.74, 6) is -0.357. The highest BCUT2D eigenvalue weighted by Gasteiger charge is 2.12. The summed E-state index contributed by atoms with van der Waals surface area (Å²) in [6.45, 7) is 2.85. The molecule has 152 valence electrons. The minimum atomic E-state index is -0.357.